The quantitative estimate of drug-likeness (QED) is 0.820. The first-order valence-electron chi connectivity index (χ1n) is 5.83. The molecule has 6 nitrogen and oxygen atoms in total. The van der Waals surface area contributed by atoms with E-state index in [0.717, 1.165) is 26.2 Å². The second-order valence-electron chi connectivity index (χ2n) is 4.06. The molecule has 0 spiro atoms. The molecule has 8 heteroatoms. The van der Waals surface area contributed by atoms with Gasteiger partial charge in [0.1, 0.15) is 0 Å². The third kappa shape index (κ3) is 2.82. The van der Waals surface area contributed by atoms with E-state index in [-0.39, 0.29) is 12.4 Å². The van der Waals surface area contributed by atoms with Crippen LogP contribution in [0.1, 0.15) is 0 Å². The van der Waals surface area contributed by atoms with E-state index in [2.05, 4.69) is 20.6 Å². The zero-order chi connectivity index (χ0) is 12.4. The number of hydrogen-bond donors (Lipinski definition) is 1. The van der Waals surface area contributed by atoms with Crippen molar-refractivity contribution in [1.82, 2.24) is 25.3 Å². The van der Waals surface area contributed by atoms with Crippen LogP contribution in [0.3, 0.4) is 0 Å². The lowest BCUT2D eigenvalue weighted by atomic mass is 10.3. The number of halogens is 2. The Bertz CT molecular complexity index is 526. The molecule has 1 fully saturated rings. The predicted molar refractivity (Wildman–Crippen MR) is 71.4 cm³/mol. The summed E-state index contributed by atoms with van der Waals surface area (Å²) in [6.07, 6.45) is 3.16. The van der Waals surface area contributed by atoms with Gasteiger partial charge in [-0.15, -0.1) is 17.5 Å². The summed E-state index contributed by atoms with van der Waals surface area (Å²) in [6, 6.07) is 3.49. The van der Waals surface area contributed by atoms with E-state index in [0.29, 0.717) is 11.5 Å². The van der Waals surface area contributed by atoms with Gasteiger partial charge < -0.3 is 10.2 Å². The normalized spacial score (nSPS) is 15.1. The zero-order valence-electron chi connectivity index (χ0n) is 10.2. The lowest BCUT2D eigenvalue weighted by molar-refractivity contribution is 0.544. The van der Waals surface area contributed by atoms with Crippen LogP contribution in [-0.4, -0.2) is 46.2 Å². The molecule has 102 valence electrons. The average Bonchev–Trinajstić information content (AvgIpc) is 2.93. The second-order valence-corrected chi connectivity index (χ2v) is 4.06. The first-order valence-corrected chi connectivity index (χ1v) is 5.83. The summed E-state index contributed by atoms with van der Waals surface area (Å²) in [5.41, 5.74) is 0.542. The molecule has 2 aromatic heterocycles. The average molecular weight is 285 g/mol. The number of nitrogens with zero attached hydrogens (tertiary/aromatic N) is 5. The highest BCUT2D eigenvalue weighted by Crippen LogP contribution is 2.19. The van der Waals surface area contributed by atoms with Crippen molar-refractivity contribution in [1.29, 1.82) is 0 Å². The molecule has 3 rings (SSSR count). The number of pyridine rings is 1. The highest BCUT2D eigenvalue weighted by Gasteiger charge is 2.16. The van der Waals surface area contributed by atoms with Crippen LogP contribution in [0.5, 0.6) is 0 Å². The summed E-state index contributed by atoms with van der Waals surface area (Å²) in [6.45, 7) is 3.32. The van der Waals surface area contributed by atoms with E-state index in [1.54, 1.807) is 18.3 Å². The zero-order valence-corrected chi connectivity index (χ0v) is 11.0. The molecule has 0 unspecified atom stereocenters. The SMILES string of the molecule is Cl.Fc1nc(-n2ccnn2)ccc1N1CCNCC1. The van der Waals surface area contributed by atoms with Gasteiger partial charge in [0.25, 0.3) is 0 Å². The molecule has 0 aromatic carbocycles. The monoisotopic (exact) mass is 284 g/mol. The molecule has 0 amide bonds. The molecule has 1 saturated heterocycles. The van der Waals surface area contributed by atoms with Crippen molar-refractivity contribution >= 4 is 18.1 Å². The van der Waals surface area contributed by atoms with Gasteiger partial charge in [0, 0.05) is 26.2 Å². The van der Waals surface area contributed by atoms with Gasteiger partial charge in [-0.1, -0.05) is 5.21 Å². The van der Waals surface area contributed by atoms with E-state index >= 15 is 0 Å². The summed E-state index contributed by atoms with van der Waals surface area (Å²) in [7, 11) is 0. The molecule has 1 aliphatic rings. The summed E-state index contributed by atoms with van der Waals surface area (Å²) in [4.78, 5) is 5.91. The Morgan fingerprint density at radius 3 is 2.63 bits per heavy atom. The maximum atomic E-state index is 14.0. The summed E-state index contributed by atoms with van der Waals surface area (Å²) >= 11 is 0. The smallest absolute Gasteiger partial charge is 0.238 e. The lowest BCUT2D eigenvalue weighted by Crippen LogP contribution is -2.44. The Kier molecular flexibility index (Phi) is 4.28. The number of rotatable bonds is 2. The van der Waals surface area contributed by atoms with Crippen molar-refractivity contribution in [2.24, 2.45) is 0 Å². The topological polar surface area (TPSA) is 58.9 Å². The van der Waals surface area contributed by atoms with Gasteiger partial charge >= 0.3 is 0 Å². The predicted octanol–water partition coefficient (Wildman–Crippen LogP) is 0.633. The van der Waals surface area contributed by atoms with Gasteiger partial charge in [-0.2, -0.15) is 9.37 Å². The minimum absolute atomic E-state index is 0. The molecule has 19 heavy (non-hydrogen) atoms. The largest absolute Gasteiger partial charge is 0.365 e. The van der Waals surface area contributed by atoms with E-state index in [1.165, 1.54) is 10.9 Å². The first kappa shape index (κ1) is 13.7. The van der Waals surface area contributed by atoms with Crippen molar-refractivity contribution in [3.63, 3.8) is 0 Å². The summed E-state index contributed by atoms with van der Waals surface area (Å²) in [5.74, 6) is -0.0335. The van der Waals surface area contributed by atoms with Crippen LogP contribution in [0.25, 0.3) is 5.82 Å². The van der Waals surface area contributed by atoms with Crippen LogP contribution in [0.4, 0.5) is 10.1 Å². The molecule has 0 bridgehead atoms. The maximum absolute atomic E-state index is 14.0. The number of hydrogen-bond acceptors (Lipinski definition) is 5. The van der Waals surface area contributed by atoms with E-state index in [4.69, 9.17) is 0 Å². The van der Waals surface area contributed by atoms with Crippen molar-refractivity contribution in [3.05, 3.63) is 30.5 Å². The van der Waals surface area contributed by atoms with Gasteiger partial charge in [0.05, 0.1) is 18.1 Å². The molecule has 1 aliphatic heterocycles. The highest BCUT2D eigenvalue weighted by molar-refractivity contribution is 5.85. The van der Waals surface area contributed by atoms with Gasteiger partial charge in [-0.25, -0.2) is 4.68 Å². The Labute approximate surface area is 116 Å². The Morgan fingerprint density at radius 1 is 1.21 bits per heavy atom. The molecule has 0 saturated carbocycles. The molecule has 0 radical (unpaired) electrons. The maximum Gasteiger partial charge on any atom is 0.238 e. The minimum Gasteiger partial charge on any atom is -0.365 e. The van der Waals surface area contributed by atoms with Crippen LogP contribution in [0.15, 0.2) is 24.5 Å². The van der Waals surface area contributed by atoms with Crippen molar-refractivity contribution in [2.75, 3.05) is 31.1 Å². The molecule has 0 atom stereocenters. The molecule has 3 heterocycles. The summed E-state index contributed by atoms with van der Waals surface area (Å²) in [5, 5.41) is 10.7. The van der Waals surface area contributed by atoms with Crippen LogP contribution < -0.4 is 10.2 Å². The van der Waals surface area contributed by atoms with Crippen LogP contribution in [0, 0.1) is 5.95 Å². The fourth-order valence-corrected chi connectivity index (χ4v) is 2.02. The Hall–Kier alpha value is -1.73. The first-order chi connectivity index (χ1) is 8.84. The van der Waals surface area contributed by atoms with Crippen LogP contribution >= 0.6 is 12.4 Å². The molecular weight excluding hydrogens is 271 g/mol. The number of piperazine rings is 1. The number of aromatic nitrogens is 4. The molecular formula is C11H14ClFN6. The van der Waals surface area contributed by atoms with E-state index in [9.17, 15) is 4.39 Å². The van der Waals surface area contributed by atoms with E-state index in [1.807, 2.05) is 4.90 Å². The Balaban J connectivity index is 0.00000133. The molecule has 1 N–H and O–H groups in total. The van der Waals surface area contributed by atoms with Gasteiger partial charge in [0.2, 0.25) is 5.95 Å². The van der Waals surface area contributed by atoms with Gasteiger partial charge in [-0.05, 0) is 12.1 Å². The van der Waals surface area contributed by atoms with Gasteiger partial charge in [0.15, 0.2) is 5.82 Å². The highest BCUT2D eigenvalue weighted by atomic mass is 35.5. The summed E-state index contributed by atoms with van der Waals surface area (Å²) < 4.78 is 15.4. The Morgan fingerprint density at radius 2 is 2.00 bits per heavy atom. The van der Waals surface area contributed by atoms with Crippen molar-refractivity contribution < 1.29 is 4.39 Å². The third-order valence-electron chi connectivity index (χ3n) is 2.93. The fourth-order valence-electron chi connectivity index (χ4n) is 2.02. The fraction of sp³-hybridized carbons (Fsp3) is 0.364. The molecule has 2 aromatic rings. The van der Waals surface area contributed by atoms with Gasteiger partial charge in [-0.3, -0.25) is 0 Å². The minimum atomic E-state index is -0.468. The molecule has 0 aliphatic carbocycles. The van der Waals surface area contributed by atoms with Crippen LogP contribution in [0.2, 0.25) is 0 Å². The third-order valence-corrected chi connectivity index (χ3v) is 2.93. The standard InChI is InChI=1S/C11H13FN6.ClH/c12-11-9(17-6-3-13-4-7-17)1-2-10(15-11)18-8-5-14-16-18;/h1-2,5,8,13H,3-4,6-7H2;1H. The second kappa shape index (κ2) is 5.94. The number of nitrogens with one attached hydrogen (secondary N) is 1. The van der Waals surface area contributed by atoms with Crippen molar-refractivity contribution in [3.8, 4) is 5.82 Å². The van der Waals surface area contributed by atoms with Crippen LogP contribution in [-0.2, 0) is 0 Å². The number of anilines is 1. The van der Waals surface area contributed by atoms with E-state index < -0.39 is 5.95 Å². The van der Waals surface area contributed by atoms with Crippen molar-refractivity contribution in [2.45, 2.75) is 0 Å². The lowest BCUT2D eigenvalue weighted by Gasteiger charge is -2.29.